The number of benzene rings is 1. The number of nitrogens with zero attached hydrogens (tertiary/aromatic N) is 1. The van der Waals surface area contributed by atoms with Crippen LogP contribution in [0.5, 0.6) is 0 Å². The van der Waals surface area contributed by atoms with E-state index in [0.29, 0.717) is 38.0 Å². The molecule has 6 nitrogen and oxygen atoms in total. The molecule has 0 radical (unpaired) electrons. The number of carbonyl (C=O) groups excluding carboxylic acids is 1. The second-order valence-corrected chi connectivity index (χ2v) is 6.34. The van der Waals surface area contributed by atoms with Crippen molar-refractivity contribution >= 4 is 11.5 Å². The summed E-state index contributed by atoms with van der Waals surface area (Å²) < 4.78 is 11.2. The second-order valence-electron chi connectivity index (χ2n) is 6.34. The molecule has 0 atom stereocenters. The highest BCUT2D eigenvalue weighted by atomic mass is 16.7. The Labute approximate surface area is 129 Å². The molecule has 1 aliphatic rings. The Balaban J connectivity index is 1.75. The van der Waals surface area contributed by atoms with Crippen LogP contribution < -0.4 is 0 Å². The Morgan fingerprint density at radius 1 is 1.27 bits per heavy atom. The molecule has 0 bridgehead atoms. The third-order valence-corrected chi connectivity index (χ3v) is 3.56. The summed E-state index contributed by atoms with van der Waals surface area (Å²) in [5, 5.41) is 10.6. The number of ether oxygens (including phenoxy) is 2. The van der Waals surface area contributed by atoms with Crippen molar-refractivity contribution in [3.63, 3.8) is 0 Å². The summed E-state index contributed by atoms with van der Waals surface area (Å²) in [5.41, 5.74) is 0.533. The highest BCUT2D eigenvalue weighted by Gasteiger charge is 2.28. The highest BCUT2D eigenvalue weighted by Crippen LogP contribution is 2.25. The first-order valence-corrected chi connectivity index (χ1v) is 7.38. The van der Waals surface area contributed by atoms with Crippen LogP contribution in [0, 0.1) is 15.5 Å². The van der Waals surface area contributed by atoms with Gasteiger partial charge in [-0.2, -0.15) is 0 Å². The number of ketones is 1. The highest BCUT2D eigenvalue weighted by molar-refractivity contribution is 5.96. The molecule has 6 heteroatoms. The summed E-state index contributed by atoms with van der Waals surface area (Å²) in [6, 6.07) is 5.69. The Kier molecular flexibility index (Phi) is 5.26. The molecule has 1 aromatic rings. The molecule has 0 unspecified atom stereocenters. The van der Waals surface area contributed by atoms with Crippen molar-refractivity contribution in [3.05, 3.63) is 39.9 Å². The molecule has 1 heterocycles. The second kappa shape index (κ2) is 6.98. The lowest BCUT2D eigenvalue weighted by molar-refractivity contribution is -0.384. The van der Waals surface area contributed by atoms with Crippen molar-refractivity contribution < 1.29 is 19.2 Å². The van der Waals surface area contributed by atoms with Gasteiger partial charge in [-0.15, -0.1) is 0 Å². The van der Waals surface area contributed by atoms with Gasteiger partial charge in [0, 0.05) is 29.5 Å². The van der Waals surface area contributed by atoms with Crippen molar-refractivity contribution in [2.75, 3.05) is 13.2 Å². The molecule has 1 aromatic carbocycles. The fraction of sp³-hybridized carbons (Fsp3) is 0.562. The topological polar surface area (TPSA) is 78.7 Å². The van der Waals surface area contributed by atoms with Gasteiger partial charge < -0.3 is 9.47 Å². The summed E-state index contributed by atoms with van der Waals surface area (Å²) in [7, 11) is 0. The van der Waals surface area contributed by atoms with Crippen molar-refractivity contribution in [2.24, 2.45) is 5.41 Å². The number of Topliss-reactive ketones (excluding diaryl/α,β-unsaturated/α-hetero) is 1. The van der Waals surface area contributed by atoms with Crippen molar-refractivity contribution in [3.8, 4) is 0 Å². The first kappa shape index (κ1) is 16.6. The Hall–Kier alpha value is -1.79. The van der Waals surface area contributed by atoms with Gasteiger partial charge in [-0.25, -0.2) is 0 Å². The van der Waals surface area contributed by atoms with E-state index in [9.17, 15) is 14.9 Å². The van der Waals surface area contributed by atoms with Gasteiger partial charge in [0.1, 0.15) is 0 Å². The third-order valence-electron chi connectivity index (χ3n) is 3.56. The van der Waals surface area contributed by atoms with Crippen LogP contribution in [0.2, 0.25) is 0 Å². The zero-order chi connectivity index (χ0) is 16.2. The van der Waals surface area contributed by atoms with Crippen molar-refractivity contribution in [1.82, 2.24) is 0 Å². The fourth-order valence-electron chi connectivity index (χ4n) is 2.24. The quantitative estimate of drug-likeness (QED) is 0.457. The van der Waals surface area contributed by atoms with E-state index in [4.69, 9.17) is 9.47 Å². The largest absolute Gasteiger partial charge is 0.352 e. The average molecular weight is 307 g/mol. The summed E-state index contributed by atoms with van der Waals surface area (Å²) in [6.45, 7) is 5.49. The van der Waals surface area contributed by atoms with Crippen molar-refractivity contribution in [2.45, 2.75) is 39.4 Å². The van der Waals surface area contributed by atoms with E-state index in [1.807, 2.05) is 0 Å². The molecule has 0 N–H and O–H groups in total. The number of carbonyl (C=O) groups is 1. The average Bonchev–Trinajstić information content (AvgIpc) is 2.49. The summed E-state index contributed by atoms with van der Waals surface area (Å²) >= 11 is 0. The van der Waals surface area contributed by atoms with Gasteiger partial charge in [-0.05, 0) is 25.0 Å². The minimum atomic E-state index is -0.479. The van der Waals surface area contributed by atoms with Gasteiger partial charge >= 0.3 is 0 Å². The standard InChI is InChI=1S/C16H21NO5/c1-16(2)10-21-15(22-11-16)5-3-4-14(18)12-6-8-13(9-7-12)17(19)20/h6-9,15H,3-5,10-11H2,1-2H3. The lowest BCUT2D eigenvalue weighted by Crippen LogP contribution is -2.37. The van der Waals surface area contributed by atoms with E-state index < -0.39 is 4.92 Å². The zero-order valence-electron chi connectivity index (χ0n) is 12.9. The first-order chi connectivity index (χ1) is 10.4. The molecule has 0 spiro atoms. The van der Waals surface area contributed by atoms with Crippen LogP contribution in [0.15, 0.2) is 24.3 Å². The van der Waals surface area contributed by atoms with Gasteiger partial charge in [0.25, 0.3) is 5.69 Å². The van der Waals surface area contributed by atoms with Crippen molar-refractivity contribution in [1.29, 1.82) is 0 Å². The fourth-order valence-corrected chi connectivity index (χ4v) is 2.24. The first-order valence-electron chi connectivity index (χ1n) is 7.38. The molecule has 0 saturated carbocycles. The van der Waals surface area contributed by atoms with Gasteiger partial charge in [-0.1, -0.05) is 13.8 Å². The minimum Gasteiger partial charge on any atom is -0.352 e. The molecule has 22 heavy (non-hydrogen) atoms. The van der Waals surface area contributed by atoms with Crippen LogP contribution in [0.3, 0.4) is 0 Å². The molecular weight excluding hydrogens is 286 g/mol. The SMILES string of the molecule is CC1(C)COC(CCCC(=O)c2ccc([N+](=O)[O-])cc2)OC1. The van der Waals surface area contributed by atoms with E-state index in [-0.39, 0.29) is 23.2 Å². The monoisotopic (exact) mass is 307 g/mol. The van der Waals surface area contributed by atoms with Crippen LogP contribution in [-0.2, 0) is 9.47 Å². The molecule has 0 amide bonds. The maximum atomic E-state index is 12.0. The number of nitro benzene ring substituents is 1. The van der Waals surface area contributed by atoms with E-state index in [2.05, 4.69) is 13.8 Å². The summed E-state index contributed by atoms with van der Waals surface area (Å²) in [6.07, 6.45) is 1.48. The Bertz CT molecular complexity index is 528. The van der Waals surface area contributed by atoms with Crippen LogP contribution in [0.4, 0.5) is 5.69 Å². The Morgan fingerprint density at radius 2 is 1.86 bits per heavy atom. The number of nitro groups is 1. The van der Waals surface area contributed by atoms with Crippen LogP contribution in [0.25, 0.3) is 0 Å². The van der Waals surface area contributed by atoms with Gasteiger partial charge in [0.05, 0.1) is 18.1 Å². The summed E-state index contributed by atoms with van der Waals surface area (Å²) in [5.74, 6) is -0.0222. The van der Waals surface area contributed by atoms with Crippen LogP contribution in [0.1, 0.15) is 43.5 Å². The minimum absolute atomic E-state index is 0.0110. The molecule has 0 aromatic heterocycles. The number of hydrogen-bond acceptors (Lipinski definition) is 5. The molecule has 1 saturated heterocycles. The Morgan fingerprint density at radius 3 is 2.41 bits per heavy atom. The number of hydrogen-bond donors (Lipinski definition) is 0. The van der Waals surface area contributed by atoms with Gasteiger partial charge in [0.2, 0.25) is 0 Å². The smallest absolute Gasteiger partial charge is 0.269 e. The predicted molar refractivity (Wildman–Crippen MR) is 80.8 cm³/mol. The molecule has 1 fully saturated rings. The van der Waals surface area contributed by atoms with Gasteiger partial charge in [-0.3, -0.25) is 14.9 Å². The van der Waals surface area contributed by atoms with E-state index >= 15 is 0 Å². The number of rotatable bonds is 6. The summed E-state index contributed by atoms with van der Waals surface area (Å²) in [4.78, 5) is 22.1. The maximum Gasteiger partial charge on any atom is 0.269 e. The van der Waals surface area contributed by atoms with E-state index in [0.717, 1.165) is 0 Å². The number of non-ortho nitro benzene ring substituents is 1. The van der Waals surface area contributed by atoms with Gasteiger partial charge in [0.15, 0.2) is 12.1 Å². The zero-order valence-corrected chi connectivity index (χ0v) is 12.9. The lowest BCUT2D eigenvalue weighted by atomic mass is 9.95. The molecule has 1 aliphatic heterocycles. The van der Waals surface area contributed by atoms with Crippen LogP contribution in [-0.4, -0.2) is 30.2 Å². The van der Waals surface area contributed by atoms with Crippen LogP contribution >= 0.6 is 0 Å². The molecule has 120 valence electrons. The predicted octanol–water partition coefficient (Wildman–Crippen LogP) is 3.35. The molecular formula is C16H21NO5. The van der Waals surface area contributed by atoms with E-state index in [1.54, 1.807) is 0 Å². The van der Waals surface area contributed by atoms with E-state index in [1.165, 1.54) is 24.3 Å². The maximum absolute atomic E-state index is 12.0. The third kappa shape index (κ3) is 4.61. The molecule has 2 rings (SSSR count). The lowest BCUT2D eigenvalue weighted by Gasteiger charge is -2.34. The molecule has 0 aliphatic carbocycles. The normalized spacial score (nSPS) is 18.1.